The van der Waals surface area contributed by atoms with Gasteiger partial charge in [-0.1, -0.05) is 36.4 Å². The van der Waals surface area contributed by atoms with Gasteiger partial charge in [0.15, 0.2) is 0 Å². The Morgan fingerprint density at radius 1 is 1.04 bits per heavy atom. The third kappa shape index (κ3) is 2.56. The Kier molecular flexibility index (Phi) is 3.84. The van der Waals surface area contributed by atoms with Crippen LogP contribution in [0.25, 0.3) is 5.52 Å². The Hall–Kier alpha value is -2.17. The minimum Gasteiger partial charge on any atom is -0.385 e. The van der Waals surface area contributed by atoms with E-state index in [1.54, 1.807) is 0 Å². The lowest BCUT2D eigenvalue weighted by Crippen LogP contribution is -2.42. The van der Waals surface area contributed by atoms with E-state index in [0.29, 0.717) is 11.8 Å². The number of pyridine rings is 1. The molecule has 1 aromatic carbocycles. The van der Waals surface area contributed by atoms with Crippen LogP contribution in [0.15, 0.2) is 60.8 Å². The van der Waals surface area contributed by atoms with Crippen molar-refractivity contribution in [3.63, 3.8) is 0 Å². The van der Waals surface area contributed by atoms with Gasteiger partial charge in [-0.05, 0) is 48.9 Å². The highest BCUT2D eigenvalue weighted by molar-refractivity contribution is 5.46. The van der Waals surface area contributed by atoms with Crippen LogP contribution in [0.1, 0.15) is 30.5 Å². The van der Waals surface area contributed by atoms with Crippen LogP contribution in [0.3, 0.4) is 0 Å². The van der Waals surface area contributed by atoms with Crippen molar-refractivity contribution in [1.82, 2.24) is 14.5 Å². The van der Waals surface area contributed by atoms with Crippen LogP contribution in [0, 0.1) is 11.8 Å². The molecule has 26 heavy (non-hydrogen) atoms. The lowest BCUT2D eigenvalue weighted by molar-refractivity contribution is -0.0648. The van der Waals surface area contributed by atoms with Crippen molar-refractivity contribution in [3.05, 3.63) is 72.1 Å². The number of rotatable bonds is 3. The summed E-state index contributed by atoms with van der Waals surface area (Å²) in [6.07, 6.45) is 5.06. The van der Waals surface area contributed by atoms with Crippen molar-refractivity contribution in [3.8, 4) is 0 Å². The van der Waals surface area contributed by atoms with Crippen LogP contribution in [-0.2, 0) is 12.1 Å². The minimum atomic E-state index is -0.684. The first kappa shape index (κ1) is 16.0. The van der Waals surface area contributed by atoms with E-state index >= 15 is 0 Å². The van der Waals surface area contributed by atoms with Gasteiger partial charge in [-0.25, -0.2) is 4.52 Å². The molecule has 2 aliphatic rings. The Balaban J connectivity index is 1.41. The first-order chi connectivity index (χ1) is 12.7. The SMILES string of the molecule is O[C@@]1(c2ccccc2)CCC[C@H]2CN(Cc3cccc4ccnn34)C[C@H]21. The summed E-state index contributed by atoms with van der Waals surface area (Å²) in [5.41, 5.74) is 2.76. The highest BCUT2D eigenvalue weighted by atomic mass is 16.3. The van der Waals surface area contributed by atoms with E-state index in [9.17, 15) is 5.11 Å². The van der Waals surface area contributed by atoms with Crippen molar-refractivity contribution in [2.24, 2.45) is 11.8 Å². The minimum absolute atomic E-state index is 0.315. The molecule has 0 unspecified atom stereocenters. The zero-order chi connectivity index (χ0) is 17.6. The highest BCUT2D eigenvalue weighted by Crippen LogP contribution is 2.48. The second kappa shape index (κ2) is 6.22. The molecule has 3 atom stereocenters. The van der Waals surface area contributed by atoms with Gasteiger partial charge in [-0.15, -0.1) is 0 Å². The van der Waals surface area contributed by atoms with E-state index in [-0.39, 0.29) is 0 Å². The summed E-state index contributed by atoms with van der Waals surface area (Å²) in [6.45, 7) is 2.90. The number of hydrogen-bond donors (Lipinski definition) is 1. The van der Waals surface area contributed by atoms with Crippen molar-refractivity contribution in [2.45, 2.75) is 31.4 Å². The number of fused-ring (bicyclic) bond motifs is 2. The first-order valence-electron chi connectivity index (χ1n) is 9.66. The summed E-state index contributed by atoms with van der Waals surface area (Å²) in [5, 5.41) is 16.1. The fourth-order valence-corrected chi connectivity index (χ4v) is 5.18. The molecule has 0 spiro atoms. The van der Waals surface area contributed by atoms with Crippen LogP contribution >= 0.6 is 0 Å². The summed E-state index contributed by atoms with van der Waals surface area (Å²) in [5.74, 6) is 0.890. The molecule has 0 radical (unpaired) electrons. The Labute approximate surface area is 154 Å². The molecule has 3 heterocycles. The fourth-order valence-electron chi connectivity index (χ4n) is 5.18. The zero-order valence-corrected chi connectivity index (χ0v) is 15.0. The maximum atomic E-state index is 11.6. The molecule has 1 aliphatic heterocycles. The van der Waals surface area contributed by atoms with Gasteiger partial charge >= 0.3 is 0 Å². The molecule has 1 saturated carbocycles. The number of hydrogen-bond acceptors (Lipinski definition) is 3. The van der Waals surface area contributed by atoms with Crippen LogP contribution in [0.2, 0.25) is 0 Å². The maximum absolute atomic E-state index is 11.6. The van der Waals surface area contributed by atoms with Gasteiger partial charge in [-0.2, -0.15) is 5.10 Å². The smallest absolute Gasteiger partial charge is 0.0939 e. The van der Waals surface area contributed by atoms with Crippen molar-refractivity contribution in [1.29, 1.82) is 0 Å². The zero-order valence-electron chi connectivity index (χ0n) is 15.0. The molecule has 134 valence electrons. The van der Waals surface area contributed by atoms with Crippen LogP contribution in [0.5, 0.6) is 0 Å². The normalized spacial score (nSPS) is 29.1. The van der Waals surface area contributed by atoms with Crippen LogP contribution in [-0.4, -0.2) is 32.7 Å². The lowest BCUT2D eigenvalue weighted by atomic mass is 9.67. The topological polar surface area (TPSA) is 40.8 Å². The van der Waals surface area contributed by atoms with E-state index in [1.807, 2.05) is 35.0 Å². The standard InChI is InChI=1S/C22H25N3O/c26-22(18-7-2-1-3-8-18)12-5-6-17-14-24(16-21(17)22)15-20-10-4-9-19-11-13-23-25(19)20/h1-4,7-11,13,17,21,26H,5-6,12,14-16H2/t17-,21+,22+/m0/s1. The van der Waals surface area contributed by atoms with Crippen molar-refractivity contribution < 1.29 is 5.11 Å². The van der Waals surface area contributed by atoms with Gasteiger partial charge in [0, 0.05) is 31.7 Å². The van der Waals surface area contributed by atoms with Gasteiger partial charge in [0.2, 0.25) is 0 Å². The number of aromatic nitrogens is 2. The van der Waals surface area contributed by atoms with E-state index in [0.717, 1.165) is 43.6 Å². The lowest BCUT2D eigenvalue weighted by Gasteiger charge is -2.41. The summed E-state index contributed by atoms with van der Waals surface area (Å²) in [6, 6.07) is 18.7. The molecule has 2 aromatic heterocycles. The van der Waals surface area contributed by atoms with E-state index in [1.165, 1.54) is 12.1 Å². The largest absolute Gasteiger partial charge is 0.385 e. The first-order valence-corrected chi connectivity index (χ1v) is 9.66. The average molecular weight is 347 g/mol. The average Bonchev–Trinajstić information content (AvgIpc) is 3.30. The number of likely N-dealkylation sites (tertiary alicyclic amines) is 1. The van der Waals surface area contributed by atoms with E-state index < -0.39 is 5.60 Å². The molecule has 3 aromatic rings. The molecule has 4 nitrogen and oxygen atoms in total. The third-order valence-electron chi connectivity index (χ3n) is 6.42. The Morgan fingerprint density at radius 3 is 2.81 bits per heavy atom. The Morgan fingerprint density at radius 2 is 1.92 bits per heavy atom. The molecular formula is C22H25N3O. The van der Waals surface area contributed by atoms with Crippen molar-refractivity contribution >= 4 is 5.52 Å². The summed E-state index contributed by atoms with van der Waals surface area (Å²) < 4.78 is 2.03. The second-order valence-corrected chi connectivity index (χ2v) is 7.93. The molecule has 1 aliphatic carbocycles. The summed E-state index contributed by atoms with van der Waals surface area (Å²) in [4.78, 5) is 2.50. The predicted molar refractivity (Wildman–Crippen MR) is 102 cm³/mol. The Bertz CT molecular complexity index is 906. The summed E-state index contributed by atoms with van der Waals surface area (Å²) in [7, 11) is 0. The molecule has 1 saturated heterocycles. The van der Waals surface area contributed by atoms with Gasteiger partial charge in [-0.3, -0.25) is 4.90 Å². The van der Waals surface area contributed by atoms with Crippen LogP contribution < -0.4 is 0 Å². The molecular weight excluding hydrogens is 322 g/mol. The third-order valence-corrected chi connectivity index (χ3v) is 6.42. The maximum Gasteiger partial charge on any atom is 0.0939 e. The molecule has 1 N–H and O–H groups in total. The van der Waals surface area contributed by atoms with E-state index in [2.05, 4.69) is 40.3 Å². The van der Waals surface area contributed by atoms with Crippen molar-refractivity contribution in [2.75, 3.05) is 13.1 Å². The van der Waals surface area contributed by atoms with E-state index in [4.69, 9.17) is 0 Å². The number of nitrogens with zero attached hydrogens (tertiary/aromatic N) is 3. The summed E-state index contributed by atoms with van der Waals surface area (Å²) >= 11 is 0. The number of aliphatic hydroxyl groups is 1. The molecule has 2 fully saturated rings. The van der Waals surface area contributed by atoms with Crippen LogP contribution in [0.4, 0.5) is 0 Å². The van der Waals surface area contributed by atoms with Gasteiger partial charge in [0.1, 0.15) is 0 Å². The number of benzene rings is 1. The van der Waals surface area contributed by atoms with Gasteiger partial charge in [0.25, 0.3) is 0 Å². The highest BCUT2D eigenvalue weighted by Gasteiger charge is 2.49. The molecule has 0 bridgehead atoms. The predicted octanol–water partition coefficient (Wildman–Crippen LogP) is 3.45. The second-order valence-electron chi connectivity index (χ2n) is 7.93. The quantitative estimate of drug-likeness (QED) is 0.789. The van der Waals surface area contributed by atoms with Gasteiger partial charge < -0.3 is 5.11 Å². The monoisotopic (exact) mass is 347 g/mol. The molecule has 4 heteroatoms. The molecule has 5 rings (SSSR count). The van der Waals surface area contributed by atoms with Gasteiger partial charge in [0.05, 0.1) is 16.8 Å². The fraction of sp³-hybridized carbons (Fsp3) is 0.409. The molecule has 0 amide bonds.